The van der Waals surface area contributed by atoms with Crippen molar-refractivity contribution >= 4 is 57.5 Å². The summed E-state index contributed by atoms with van der Waals surface area (Å²) < 4.78 is 6.84. The van der Waals surface area contributed by atoms with Crippen LogP contribution >= 0.6 is 0 Å². The van der Waals surface area contributed by atoms with E-state index < -0.39 is 29.4 Å². The van der Waals surface area contributed by atoms with E-state index in [1.165, 1.54) is 9.58 Å². The number of carbonyl (C=O) groups excluding carboxylic acids is 4. The molecule has 1 atom stereocenters. The Balaban J connectivity index is 1.33. The second-order valence-corrected chi connectivity index (χ2v) is 14.6. The molecule has 0 radical (unpaired) electrons. The van der Waals surface area contributed by atoms with E-state index in [0.29, 0.717) is 40.2 Å². The molecule has 1 aromatic heterocycles. The highest BCUT2D eigenvalue weighted by molar-refractivity contribution is 6.21. The molecule has 0 N–H and O–H groups in total. The number of nitrogens with zero attached hydrogens (tertiary/aromatic N) is 5. The van der Waals surface area contributed by atoms with Crippen LogP contribution < -0.4 is 14.7 Å². The van der Waals surface area contributed by atoms with Crippen LogP contribution in [0.2, 0.25) is 0 Å². The van der Waals surface area contributed by atoms with Gasteiger partial charge in [0, 0.05) is 29.7 Å². The number of ether oxygens (including phenoxy) is 1. The molecule has 2 aliphatic rings. The molecule has 0 bridgehead atoms. The molecule has 3 heterocycles. The van der Waals surface area contributed by atoms with E-state index in [4.69, 9.17) is 4.74 Å². The lowest BCUT2D eigenvalue weighted by molar-refractivity contribution is -0.132. The van der Waals surface area contributed by atoms with E-state index >= 15 is 0 Å². The molecule has 10 nitrogen and oxygen atoms in total. The minimum atomic E-state index is -1.27. The maximum Gasteiger partial charge on any atom is 0.435 e. The molecule has 10 heteroatoms. The van der Waals surface area contributed by atoms with Gasteiger partial charge in [0.1, 0.15) is 18.1 Å². The number of benzene rings is 4. The monoisotopic (exact) mass is 697 g/mol. The third-order valence-corrected chi connectivity index (χ3v) is 9.68. The summed E-state index contributed by atoms with van der Waals surface area (Å²) in [5.74, 6) is -2.47. The summed E-state index contributed by atoms with van der Waals surface area (Å²) in [4.78, 5) is 62.5. The summed E-state index contributed by atoms with van der Waals surface area (Å²) >= 11 is 0. The molecule has 5 aromatic rings. The number of hydrogen-bond acceptors (Lipinski definition) is 6. The zero-order chi connectivity index (χ0) is 36.7. The lowest BCUT2D eigenvalue weighted by Gasteiger charge is -2.29. The highest BCUT2D eigenvalue weighted by atomic mass is 16.6. The normalized spacial score (nSPS) is 16.3. The predicted octanol–water partition coefficient (Wildman–Crippen LogP) is 7.68. The van der Waals surface area contributed by atoms with Gasteiger partial charge < -0.3 is 14.5 Å². The molecular formula is C42H43N5O5. The molecule has 0 spiro atoms. The van der Waals surface area contributed by atoms with Gasteiger partial charge in [-0.15, -0.1) is 0 Å². The lowest BCUT2D eigenvalue weighted by Crippen LogP contribution is -2.47. The van der Waals surface area contributed by atoms with Crippen molar-refractivity contribution < 1.29 is 23.9 Å². The van der Waals surface area contributed by atoms with Crippen LogP contribution in [0, 0.1) is 19.8 Å². The van der Waals surface area contributed by atoms with Crippen LogP contribution in [-0.4, -0.2) is 52.3 Å². The van der Waals surface area contributed by atoms with Gasteiger partial charge in [0.05, 0.1) is 22.6 Å². The molecule has 0 aliphatic carbocycles. The third-order valence-electron chi connectivity index (χ3n) is 9.68. The SMILES string of the molecule is Cc1cc(C)c2c(c1)N(C(=O)CN1C(=O)[C@@H](Cc3nn(C(=O)OC(C)(C)C)c4ccccc34)C(=O)N(c3ccccc3)c3ccccc31)CCCC2. The van der Waals surface area contributed by atoms with Crippen LogP contribution in [-0.2, 0) is 32.0 Å². The first kappa shape index (κ1) is 34.7. The van der Waals surface area contributed by atoms with Gasteiger partial charge in [0.15, 0.2) is 0 Å². The Kier molecular flexibility index (Phi) is 9.16. The molecule has 0 saturated heterocycles. The van der Waals surface area contributed by atoms with E-state index in [0.717, 1.165) is 41.6 Å². The van der Waals surface area contributed by atoms with Crippen molar-refractivity contribution in [2.75, 3.05) is 27.8 Å². The van der Waals surface area contributed by atoms with Gasteiger partial charge >= 0.3 is 6.09 Å². The number of hydrogen-bond donors (Lipinski definition) is 0. The van der Waals surface area contributed by atoms with Crippen molar-refractivity contribution in [3.05, 3.63) is 113 Å². The fourth-order valence-electron chi connectivity index (χ4n) is 7.38. The summed E-state index contributed by atoms with van der Waals surface area (Å²) in [5, 5.41) is 5.27. The van der Waals surface area contributed by atoms with Gasteiger partial charge in [-0.1, -0.05) is 54.6 Å². The number of rotatable bonds is 5. The Bertz CT molecular complexity index is 2200. The van der Waals surface area contributed by atoms with Crippen molar-refractivity contribution in [1.82, 2.24) is 9.78 Å². The Morgan fingerprint density at radius 1 is 0.827 bits per heavy atom. The van der Waals surface area contributed by atoms with Crippen LogP contribution in [0.4, 0.5) is 27.5 Å². The van der Waals surface area contributed by atoms with Gasteiger partial charge in [0.25, 0.3) is 0 Å². The minimum Gasteiger partial charge on any atom is -0.442 e. The number of anilines is 4. The zero-order valence-electron chi connectivity index (χ0n) is 30.3. The quantitative estimate of drug-likeness (QED) is 0.175. The Labute approximate surface area is 303 Å². The Morgan fingerprint density at radius 3 is 2.27 bits per heavy atom. The van der Waals surface area contributed by atoms with E-state index in [-0.39, 0.29) is 18.9 Å². The maximum atomic E-state index is 15.0. The Hall–Kier alpha value is -5.77. The smallest absolute Gasteiger partial charge is 0.435 e. The van der Waals surface area contributed by atoms with Gasteiger partial charge in [-0.3, -0.25) is 19.3 Å². The molecule has 2 aliphatic heterocycles. The zero-order valence-corrected chi connectivity index (χ0v) is 30.3. The van der Waals surface area contributed by atoms with Crippen LogP contribution in [0.25, 0.3) is 10.9 Å². The standard InChI is InChI=1S/C42H43N5O5/c1-27-23-28(2)30-17-13-14-22-44(37(30)24-27)38(48)26-45-35-20-11-12-21-36(35)46(29-15-7-6-8-16-29)40(50)32(39(45)49)25-33-31-18-9-10-19-34(31)47(43-33)41(51)52-42(3,4)5/h6-12,15-16,18-21,23-24,32H,13-14,17,22,25-26H2,1-5H3/t32-/m1/s1. The molecule has 3 amide bonds. The summed E-state index contributed by atoms with van der Waals surface area (Å²) in [6.07, 6.45) is 1.89. The number of carbonyl (C=O) groups is 4. The van der Waals surface area contributed by atoms with Crippen LogP contribution in [0.5, 0.6) is 0 Å². The second kappa shape index (κ2) is 13.7. The minimum absolute atomic E-state index is 0.110. The predicted molar refractivity (Wildman–Crippen MR) is 202 cm³/mol. The first-order valence-corrected chi connectivity index (χ1v) is 17.8. The van der Waals surface area contributed by atoms with E-state index in [2.05, 4.69) is 24.2 Å². The van der Waals surface area contributed by atoms with E-state index in [1.54, 1.807) is 49.9 Å². The fraction of sp³-hybridized carbons (Fsp3) is 0.310. The maximum absolute atomic E-state index is 15.0. The summed E-state index contributed by atoms with van der Waals surface area (Å²) in [7, 11) is 0. The lowest BCUT2D eigenvalue weighted by atomic mass is 9.97. The van der Waals surface area contributed by atoms with Crippen molar-refractivity contribution in [1.29, 1.82) is 0 Å². The first-order valence-electron chi connectivity index (χ1n) is 17.8. The molecular weight excluding hydrogens is 654 g/mol. The van der Waals surface area contributed by atoms with Gasteiger partial charge in [0.2, 0.25) is 17.7 Å². The number of aromatic nitrogens is 2. The fourth-order valence-corrected chi connectivity index (χ4v) is 7.38. The van der Waals surface area contributed by atoms with Gasteiger partial charge in [-0.25, -0.2) is 4.79 Å². The van der Waals surface area contributed by atoms with Crippen molar-refractivity contribution in [2.24, 2.45) is 5.92 Å². The number of aryl methyl sites for hydroxylation is 2. The van der Waals surface area contributed by atoms with Crippen molar-refractivity contribution in [3.63, 3.8) is 0 Å². The molecule has 4 aromatic carbocycles. The highest BCUT2D eigenvalue weighted by Crippen LogP contribution is 2.41. The number of amides is 3. The van der Waals surface area contributed by atoms with Crippen molar-refractivity contribution in [3.8, 4) is 0 Å². The largest absolute Gasteiger partial charge is 0.442 e. The second-order valence-electron chi connectivity index (χ2n) is 14.6. The third kappa shape index (κ3) is 6.56. The summed E-state index contributed by atoms with van der Waals surface area (Å²) in [5.41, 5.74) is 5.91. The van der Waals surface area contributed by atoms with Crippen LogP contribution in [0.15, 0.2) is 91.0 Å². The summed E-state index contributed by atoms with van der Waals surface area (Å²) in [6, 6.07) is 27.8. The molecule has 266 valence electrons. The molecule has 0 unspecified atom stereocenters. The summed E-state index contributed by atoms with van der Waals surface area (Å²) in [6.45, 7) is 9.71. The molecule has 7 rings (SSSR count). The van der Waals surface area contributed by atoms with Gasteiger partial charge in [-0.05, 0) is 107 Å². The van der Waals surface area contributed by atoms with Crippen LogP contribution in [0.3, 0.4) is 0 Å². The van der Waals surface area contributed by atoms with Crippen molar-refractivity contribution in [2.45, 2.75) is 65.9 Å². The highest BCUT2D eigenvalue weighted by Gasteiger charge is 2.43. The molecule has 52 heavy (non-hydrogen) atoms. The number of fused-ring (bicyclic) bond motifs is 3. The van der Waals surface area contributed by atoms with Gasteiger partial charge in [-0.2, -0.15) is 9.78 Å². The average Bonchev–Trinajstić information content (AvgIpc) is 3.29. The van der Waals surface area contributed by atoms with E-state index in [1.807, 2.05) is 66.4 Å². The number of para-hydroxylation sites is 4. The Morgan fingerprint density at radius 2 is 1.52 bits per heavy atom. The molecule has 0 fully saturated rings. The first-order chi connectivity index (χ1) is 24.9. The average molecular weight is 698 g/mol. The van der Waals surface area contributed by atoms with Crippen LogP contribution in [0.1, 0.15) is 56.0 Å². The topological polar surface area (TPSA) is 105 Å². The van der Waals surface area contributed by atoms with E-state index in [9.17, 15) is 19.2 Å². The molecule has 0 saturated carbocycles.